The van der Waals surface area contributed by atoms with Gasteiger partial charge in [0.1, 0.15) is 17.3 Å². The number of ether oxygens (including phenoxy) is 1. The van der Waals surface area contributed by atoms with Crippen molar-refractivity contribution < 1.29 is 23.0 Å². The summed E-state index contributed by atoms with van der Waals surface area (Å²) in [5.74, 6) is -0.282. The number of phenols is 1. The van der Waals surface area contributed by atoms with Crippen molar-refractivity contribution in [2.24, 2.45) is 0 Å². The van der Waals surface area contributed by atoms with Crippen LogP contribution in [-0.2, 0) is 10.8 Å². The van der Waals surface area contributed by atoms with Gasteiger partial charge in [0.2, 0.25) is 0 Å². The van der Waals surface area contributed by atoms with Crippen LogP contribution in [0.5, 0.6) is 11.5 Å². The van der Waals surface area contributed by atoms with Gasteiger partial charge < -0.3 is 14.8 Å². The second-order valence-electron chi connectivity index (χ2n) is 8.04. The number of benzene rings is 1. The van der Waals surface area contributed by atoms with Gasteiger partial charge in [-0.15, -0.1) is 13.2 Å². The molecule has 4 nitrogen and oxygen atoms in total. The van der Waals surface area contributed by atoms with E-state index >= 15 is 0 Å². The fourth-order valence-electron chi connectivity index (χ4n) is 2.49. The summed E-state index contributed by atoms with van der Waals surface area (Å²) in [4.78, 5) is 7.73. The molecular weight excluding hydrogens is 333 g/mol. The van der Waals surface area contributed by atoms with Gasteiger partial charge in [-0.2, -0.15) is 0 Å². The Labute approximate surface area is 145 Å². The summed E-state index contributed by atoms with van der Waals surface area (Å²) >= 11 is 0. The van der Waals surface area contributed by atoms with E-state index in [4.69, 9.17) is 0 Å². The molecule has 0 bridgehead atoms. The quantitative estimate of drug-likeness (QED) is 0.770. The third kappa shape index (κ3) is 4.46. The van der Waals surface area contributed by atoms with Crippen molar-refractivity contribution in [3.05, 3.63) is 29.6 Å². The molecule has 1 aromatic heterocycles. The highest BCUT2D eigenvalue weighted by molar-refractivity contribution is 5.67. The summed E-state index contributed by atoms with van der Waals surface area (Å²) < 4.78 is 41.3. The zero-order valence-electron chi connectivity index (χ0n) is 15.2. The zero-order valence-corrected chi connectivity index (χ0v) is 15.2. The van der Waals surface area contributed by atoms with Crippen molar-refractivity contribution in [3.63, 3.8) is 0 Å². The first-order valence-corrected chi connectivity index (χ1v) is 7.88. The van der Waals surface area contributed by atoms with Crippen molar-refractivity contribution in [2.75, 3.05) is 0 Å². The number of nitrogens with zero attached hydrogens (tertiary/aromatic N) is 1. The molecule has 2 rings (SSSR count). The Morgan fingerprint density at radius 3 is 2.04 bits per heavy atom. The van der Waals surface area contributed by atoms with Crippen LogP contribution in [0.4, 0.5) is 13.2 Å². The number of halogens is 3. The van der Waals surface area contributed by atoms with Crippen LogP contribution in [0, 0.1) is 0 Å². The van der Waals surface area contributed by atoms with Gasteiger partial charge in [-0.25, -0.2) is 4.98 Å². The lowest BCUT2D eigenvalue weighted by Crippen LogP contribution is -2.21. The standard InChI is InChI=1S/C18H23F3N2O2/c1-16(2,3)13-14(17(4,5)6)23-15(22-13)11-9-10(7-8-12(11)24)25-18(19,20)21/h7-9,24H,1-6H3,(H,22,23). The molecule has 0 saturated carbocycles. The second-order valence-corrected chi connectivity index (χ2v) is 8.04. The predicted octanol–water partition coefficient (Wildman–Crippen LogP) is 5.28. The third-order valence-electron chi connectivity index (χ3n) is 3.62. The Balaban J connectivity index is 2.59. The van der Waals surface area contributed by atoms with Crippen molar-refractivity contribution in [1.29, 1.82) is 0 Å². The molecule has 0 radical (unpaired) electrons. The SMILES string of the molecule is CC(C)(C)c1nc(-c2cc(OC(F)(F)F)ccc2O)[nH]c1C(C)(C)C. The van der Waals surface area contributed by atoms with E-state index in [1.54, 1.807) is 0 Å². The minimum Gasteiger partial charge on any atom is -0.507 e. The Bertz CT molecular complexity index is 735. The number of aromatic nitrogens is 2. The molecule has 25 heavy (non-hydrogen) atoms. The van der Waals surface area contributed by atoms with E-state index in [1.807, 2.05) is 41.5 Å². The van der Waals surface area contributed by atoms with E-state index < -0.39 is 12.1 Å². The van der Waals surface area contributed by atoms with Gasteiger partial charge in [0, 0.05) is 16.5 Å². The molecule has 1 aromatic carbocycles. The van der Waals surface area contributed by atoms with Crippen LogP contribution >= 0.6 is 0 Å². The van der Waals surface area contributed by atoms with Gasteiger partial charge in [-0.05, 0) is 18.2 Å². The van der Waals surface area contributed by atoms with Gasteiger partial charge in [0.15, 0.2) is 0 Å². The minimum absolute atomic E-state index is 0.155. The number of rotatable bonds is 2. The normalized spacial score (nSPS) is 13.2. The Hall–Kier alpha value is -2.18. The number of imidazole rings is 1. The van der Waals surface area contributed by atoms with E-state index in [1.165, 1.54) is 0 Å². The topological polar surface area (TPSA) is 58.1 Å². The molecule has 0 aliphatic heterocycles. The Morgan fingerprint density at radius 2 is 1.60 bits per heavy atom. The summed E-state index contributed by atoms with van der Waals surface area (Å²) in [5, 5.41) is 10.1. The highest BCUT2D eigenvalue weighted by Gasteiger charge is 2.32. The van der Waals surface area contributed by atoms with Gasteiger partial charge >= 0.3 is 6.36 Å². The van der Waals surface area contributed by atoms with Gasteiger partial charge in [0.25, 0.3) is 0 Å². The Morgan fingerprint density at radius 1 is 1.00 bits per heavy atom. The minimum atomic E-state index is -4.80. The molecule has 0 aliphatic rings. The van der Waals surface area contributed by atoms with Crippen molar-refractivity contribution in [1.82, 2.24) is 9.97 Å². The van der Waals surface area contributed by atoms with Crippen molar-refractivity contribution in [2.45, 2.75) is 58.7 Å². The molecule has 0 aliphatic carbocycles. The fourth-order valence-corrected chi connectivity index (χ4v) is 2.49. The summed E-state index contributed by atoms with van der Waals surface area (Å²) in [6, 6.07) is 3.34. The molecule has 1 heterocycles. The average Bonchev–Trinajstić information content (AvgIpc) is 2.84. The van der Waals surface area contributed by atoms with Crippen LogP contribution in [0.15, 0.2) is 18.2 Å². The second kappa shape index (κ2) is 5.97. The zero-order chi connectivity index (χ0) is 19.2. The number of phenolic OH excluding ortho intramolecular Hbond substituents is 1. The van der Waals surface area contributed by atoms with E-state index in [0.717, 1.165) is 29.6 Å². The lowest BCUT2D eigenvalue weighted by atomic mass is 9.82. The van der Waals surface area contributed by atoms with Crippen molar-refractivity contribution in [3.8, 4) is 22.9 Å². The maximum atomic E-state index is 12.4. The molecule has 0 unspecified atom stereocenters. The van der Waals surface area contributed by atoms with Crippen LogP contribution in [-0.4, -0.2) is 21.4 Å². The number of aromatic hydroxyl groups is 1. The van der Waals surface area contributed by atoms with Crippen LogP contribution in [0.3, 0.4) is 0 Å². The van der Waals surface area contributed by atoms with E-state index in [0.29, 0.717) is 5.82 Å². The highest BCUT2D eigenvalue weighted by atomic mass is 19.4. The van der Waals surface area contributed by atoms with Crippen LogP contribution in [0.1, 0.15) is 52.9 Å². The summed E-state index contributed by atoms with van der Waals surface area (Å²) in [5.41, 5.74) is 1.31. The molecule has 0 fully saturated rings. The van der Waals surface area contributed by atoms with E-state index in [9.17, 15) is 18.3 Å². The van der Waals surface area contributed by atoms with Crippen LogP contribution in [0.25, 0.3) is 11.4 Å². The Kier molecular flexibility index (Phi) is 4.57. The number of H-pyrrole nitrogens is 1. The molecule has 0 atom stereocenters. The smallest absolute Gasteiger partial charge is 0.507 e. The van der Waals surface area contributed by atoms with E-state index in [-0.39, 0.29) is 22.1 Å². The van der Waals surface area contributed by atoms with E-state index in [2.05, 4.69) is 14.7 Å². The molecule has 7 heteroatoms. The molecule has 0 spiro atoms. The molecule has 0 amide bonds. The molecular formula is C18H23F3N2O2. The number of hydrogen-bond acceptors (Lipinski definition) is 3. The van der Waals surface area contributed by atoms with Crippen molar-refractivity contribution >= 4 is 0 Å². The van der Waals surface area contributed by atoms with Gasteiger partial charge in [0.05, 0.1) is 11.3 Å². The average molecular weight is 356 g/mol. The number of nitrogens with one attached hydrogen (secondary N) is 1. The third-order valence-corrected chi connectivity index (χ3v) is 3.62. The number of hydrogen-bond donors (Lipinski definition) is 2. The number of aromatic amines is 1. The number of alkyl halides is 3. The maximum Gasteiger partial charge on any atom is 0.573 e. The van der Waals surface area contributed by atoms with Crippen LogP contribution in [0.2, 0.25) is 0 Å². The molecule has 2 N–H and O–H groups in total. The first-order chi connectivity index (χ1) is 11.2. The highest BCUT2D eigenvalue weighted by Crippen LogP contribution is 2.38. The molecule has 138 valence electrons. The largest absolute Gasteiger partial charge is 0.573 e. The lowest BCUT2D eigenvalue weighted by Gasteiger charge is -2.24. The first kappa shape index (κ1) is 19.1. The first-order valence-electron chi connectivity index (χ1n) is 7.88. The molecule has 2 aromatic rings. The summed E-state index contributed by atoms with van der Waals surface area (Å²) in [7, 11) is 0. The summed E-state index contributed by atoms with van der Waals surface area (Å²) in [6.07, 6.45) is -4.80. The maximum absolute atomic E-state index is 12.4. The fraction of sp³-hybridized carbons (Fsp3) is 0.500. The van der Waals surface area contributed by atoms with Gasteiger partial charge in [-0.3, -0.25) is 0 Å². The van der Waals surface area contributed by atoms with Gasteiger partial charge in [-0.1, -0.05) is 41.5 Å². The summed E-state index contributed by atoms with van der Waals surface area (Å²) in [6.45, 7) is 12.1. The lowest BCUT2D eigenvalue weighted by molar-refractivity contribution is -0.274. The van der Waals surface area contributed by atoms with Crippen LogP contribution < -0.4 is 4.74 Å². The predicted molar refractivity (Wildman–Crippen MR) is 89.8 cm³/mol. The monoisotopic (exact) mass is 356 g/mol. The molecule has 0 saturated heterocycles.